The molecule has 1 spiro atoms. The van der Waals surface area contributed by atoms with E-state index >= 15 is 0 Å². The van der Waals surface area contributed by atoms with Crippen LogP contribution in [0.2, 0.25) is 5.02 Å². The number of amidine groups is 1. The highest BCUT2D eigenvalue weighted by Gasteiger charge is 2.48. The fourth-order valence-electron chi connectivity index (χ4n) is 4.87. The van der Waals surface area contributed by atoms with E-state index in [2.05, 4.69) is 47.8 Å². The van der Waals surface area contributed by atoms with E-state index in [9.17, 15) is 0 Å². The Kier molecular flexibility index (Phi) is 3.86. The van der Waals surface area contributed by atoms with Gasteiger partial charge in [0.15, 0.2) is 0 Å². The third-order valence-corrected chi connectivity index (χ3v) is 6.76. The first-order valence-corrected chi connectivity index (χ1v) is 10.3. The van der Waals surface area contributed by atoms with Crippen LogP contribution in [-0.4, -0.2) is 5.84 Å². The van der Waals surface area contributed by atoms with Crippen molar-refractivity contribution in [2.45, 2.75) is 56.9 Å². The summed E-state index contributed by atoms with van der Waals surface area (Å²) in [7, 11) is 0. The topological polar surface area (TPSA) is 24.4 Å². The molecule has 2 fully saturated rings. The second kappa shape index (κ2) is 6.13. The summed E-state index contributed by atoms with van der Waals surface area (Å²) in [6.45, 7) is 0. The first-order chi connectivity index (χ1) is 12.7. The number of nitrogens with zero attached hydrogens (tertiary/aromatic N) is 1. The van der Waals surface area contributed by atoms with Crippen LogP contribution in [0.25, 0.3) is 0 Å². The zero-order chi connectivity index (χ0) is 17.6. The molecule has 0 amide bonds. The number of benzene rings is 2. The fourth-order valence-corrected chi connectivity index (χ4v) is 5.06. The second-order valence-corrected chi connectivity index (χ2v) is 8.74. The Balaban J connectivity index is 1.58. The molecule has 1 N–H and O–H groups in total. The van der Waals surface area contributed by atoms with Gasteiger partial charge in [0, 0.05) is 16.1 Å². The van der Waals surface area contributed by atoms with E-state index in [1.54, 1.807) is 0 Å². The predicted molar refractivity (Wildman–Crippen MR) is 109 cm³/mol. The molecule has 0 radical (unpaired) electrons. The summed E-state index contributed by atoms with van der Waals surface area (Å²) in [5.74, 6) is 1.23. The SMILES string of the molecule is Clc1cccc(C2(N=C3Nc4ccccc4CC34CCCCC4)CC2)c1. The lowest BCUT2D eigenvalue weighted by Crippen LogP contribution is -2.44. The largest absolute Gasteiger partial charge is 0.343 e. The van der Waals surface area contributed by atoms with Crippen molar-refractivity contribution in [2.75, 3.05) is 5.32 Å². The highest BCUT2D eigenvalue weighted by Crippen LogP contribution is 2.53. The predicted octanol–water partition coefficient (Wildman–Crippen LogP) is 6.35. The number of anilines is 1. The number of aliphatic imine (C=N–C) groups is 1. The Hall–Kier alpha value is -1.80. The van der Waals surface area contributed by atoms with E-state index in [1.807, 2.05) is 6.07 Å². The number of nitrogens with one attached hydrogen (secondary N) is 1. The Morgan fingerprint density at radius 3 is 2.46 bits per heavy atom. The van der Waals surface area contributed by atoms with Crippen LogP contribution in [0, 0.1) is 5.41 Å². The molecule has 134 valence electrons. The van der Waals surface area contributed by atoms with Gasteiger partial charge in [0.25, 0.3) is 0 Å². The van der Waals surface area contributed by atoms with Gasteiger partial charge in [-0.15, -0.1) is 0 Å². The summed E-state index contributed by atoms with van der Waals surface area (Å²) in [5.41, 5.74) is 4.08. The molecule has 0 bridgehead atoms. The van der Waals surface area contributed by atoms with Gasteiger partial charge in [-0.2, -0.15) is 0 Å². The van der Waals surface area contributed by atoms with Crippen molar-refractivity contribution in [2.24, 2.45) is 10.4 Å². The average Bonchev–Trinajstić information content (AvgIpc) is 3.44. The third-order valence-electron chi connectivity index (χ3n) is 6.52. The van der Waals surface area contributed by atoms with Crippen LogP contribution >= 0.6 is 11.6 Å². The molecular weight excluding hydrogens is 340 g/mol. The smallest absolute Gasteiger partial charge is 0.108 e. The van der Waals surface area contributed by atoms with Crippen LogP contribution in [-0.2, 0) is 12.0 Å². The molecule has 5 rings (SSSR count). The lowest BCUT2D eigenvalue weighted by molar-refractivity contribution is 0.277. The number of hydrogen-bond acceptors (Lipinski definition) is 1. The molecule has 3 heteroatoms. The Labute approximate surface area is 160 Å². The Morgan fingerprint density at radius 2 is 1.69 bits per heavy atom. The maximum atomic E-state index is 6.27. The van der Waals surface area contributed by atoms with E-state index < -0.39 is 0 Å². The maximum absolute atomic E-state index is 6.27. The standard InChI is InChI=1S/C23H25ClN2/c24-19-9-6-8-18(15-19)23(13-14-23)26-21-22(11-4-1-5-12-22)16-17-7-2-3-10-20(17)25-21/h2-3,6-10,15H,1,4-5,11-14,16H2,(H,25,26). The molecule has 2 nitrogen and oxygen atoms in total. The number of fused-ring (bicyclic) bond motifs is 1. The van der Waals surface area contributed by atoms with Gasteiger partial charge in [0.05, 0.1) is 5.54 Å². The maximum Gasteiger partial charge on any atom is 0.108 e. The lowest BCUT2D eigenvalue weighted by Gasteiger charge is -2.43. The van der Waals surface area contributed by atoms with Gasteiger partial charge in [-0.1, -0.05) is 61.2 Å². The first kappa shape index (κ1) is 16.4. The van der Waals surface area contributed by atoms with Gasteiger partial charge in [0.1, 0.15) is 5.84 Å². The zero-order valence-electron chi connectivity index (χ0n) is 15.1. The van der Waals surface area contributed by atoms with Crippen LogP contribution in [0.15, 0.2) is 53.5 Å². The molecule has 0 aromatic heterocycles. The van der Waals surface area contributed by atoms with Crippen molar-refractivity contribution >= 4 is 23.1 Å². The van der Waals surface area contributed by atoms with Gasteiger partial charge in [-0.3, -0.25) is 4.99 Å². The molecular formula is C23H25ClN2. The summed E-state index contributed by atoms with van der Waals surface area (Å²) in [6, 6.07) is 17.0. The van der Waals surface area contributed by atoms with Crippen molar-refractivity contribution in [1.82, 2.24) is 0 Å². The molecule has 1 heterocycles. The van der Waals surface area contributed by atoms with Crippen molar-refractivity contribution in [1.29, 1.82) is 0 Å². The first-order valence-electron chi connectivity index (χ1n) is 9.91. The van der Waals surface area contributed by atoms with Gasteiger partial charge >= 0.3 is 0 Å². The van der Waals surface area contributed by atoms with Crippen LogP contribution in [0.4, 0.5) is 5.69 Å². The van der Waals surface area contributed by atoms with Crippen molar-refractivity contribution in [3.8, 4) is 0 Å². The fraction of sp³-hybridized carbons (Fsp3) is 0.435. The molecule has 2 aliphatic carbocycles. The Morgan fingerprint density at radius 1 is 0.885 bits per heavy atom. The van der Waals surface area contributed by atoms with Crippen LogP contribution in [0.3, 0.4) is 0 Å². The highest BCUT2D eigenvalue weighted by molar-refractivity contribution is 6.30. The van der Waals surface area contributed by atoms with E-state index in [0.29, 0.717) is 0 Å². The number of hydrogen-bond donors (Lipinski definition) is 1. The molecule has 0 atom stereocenters. The number of para-hydroxylation sites is 1. The van der Waals surface area contributed by atoms with Crippen molar-refractivity contribution in [3.05, 3.63) is 64.7 Å². The third kappa shape index (κ3) is 2.75. The molecule has 0 saturated heterocycles. The summed E-state index contributed by atoms with van der Waals surface area (Å²) in [6.07, 6.45) is 9.85. The zero-order valence-corrected chi connectivity index (χ0v) is 15.9. The van der Waals surface area contributed by atoms with Gasteiger partial charge in [-0.05, 0) is 61.4 Å². The van der Waals surface area contributed by atoms with Crippen molar-refractivity contribution < 1.29 is 0 Å². The van der Waals surface area contributed by atoms with Gasteiger partial charge < -0.3 is 5.32 Å². The summed E-state index contributed by atoms with van der Waals surface area (Å²) < 4.78 is 0. The van der Waals surface area contributed by atoms with Gasteiger partial charge in [-0.25, -0.2) is 0 Å². The number of halogens is 1. The van der Waals surface area contributed by atoms with Crippen LogP contribution in [0.1, 0.15) is 56.1 Å². The molecule has 2 saturated carbocycles. The second-order valence-electron chi connectivity index (χ2n) is 8.30. The summed E-state index contributed by atoms with van der Waals surface area (Å²) in [4.78, 5) is 5.41. The minimum absolute atomic E-state index is 0.0655. The molecule has 1 aliphatic heterocycles. The van der Waals surface area contributed by atoms with E-state index in [1.165, 1.54) is 54.8 Å². The monoisotopic (exact) mass is 364 g/mol. The molecule has 0 unspecified atom stereocenters. The normalized spacial score (nSPS) is 24.1. The summed E-state index contributed by atoms with van der Waals surface area (Å²) in [5, 5.41) is 4.56. The molecule has 3 aliphatic rings. The minimum Gasteiger partial charge on any atom is -0.343 e. The van der Waals surface area contributed by atoms with E-state index in [4.69, 9.17) is 16.6 Å². The quantitative estimate of drug-likeness (QED) is 0.659. The van der Waals surface area contributed by atoms with E-state index in [-0.39, 0.29) is 11.0 Å². The number of rotatable bonds is 2. The van der Waals surface area contributed by atoms with Crippen LogP contribution < -0.4 is 5.32 Å². The van der Waals surface area contributed by atoms with Crippen LogP contribution in [0.5, 0.6) is 0 Å². The lowest BCUT2D eigenvalue weighted by atomic mass is 9.67. The summed E-state index contributed by atoms with van der Waals surface area (Å²) >= 11 is 6.27. The van der Waals surface area contributed by atoms with E-state index in [0.717, 1.165) is 24.3 Å². The van der Waals surface area contributed by atoms with Crippen molar-refractivity contribution in [3.63, 3.8) is 0 Å². The molecule has 2 aromatic carbocycles. The van der Waals surface area contributed by atoms with Gasteiger partial charge in [0.2, 0.25) is 0 Å². The minimum atomic E-state index is -0.0655. The molecule has 26 heavy (non-hydrogen) atoms. The average molecular weight is 365 g/mol. The highest BCUT2D eigenvalue weighted by atomic mass is 35.5. The molecule has 2 aromatic rings. The Bertz CT molecular complexity index is 860.